The average Bonchev–Trinajstić information content (AvgIpc) is 2.37. The van der Waals surface area contributed by atoms with E-state index in [0.29, 0.717) is 5.75 Å². The summed E-state index contributed by atoms with van der Waals surface area (Å²) >= 11 is 0. The minimum absolute atomic E-state index is 0.165. The normalized spacial score (nSPS) is 10.8. The van der Waals surface area contributed by atoms with Crippen LogP contribution in [-0.4, -0.2) is 45.9 Å². The maximum atomic E-state index is 11.9. The molecule has 0 spiro atoms. The quantitative estimate of drug-likeness (QED) is 0.558. The molecule has 6 nitrogen and oxygen atoms in total. The summed E-state index contributed by atoms with van der Waals surface area (Å²) in [5, 5.41) is 0. The van der Waals surface area contributed by atoms with E-state index in [-0.39, 0.29) is 5.56 Å². The summed E-state index contributed by atoms with van der Waals surface area (Å²) in [6.07, 6.45) is 0. The molecule has 0 unspecified atom stereocenters. The van der Waals surface area contributed by atoms with E-state index in [0.717, 1.165) is 7.11 Å². The summed E-state index contributed by atoms with van der Waals surface area (Å²) in [7, 11) is -1.38. The molecule has 19 heavy (non-hydrogen) atoms. The van der Waals surface area contributed by atoms with E-state index in [4.69, 9.17) is 4.74 Å². The van der Waals surface area contributed by atoms with Crippen LogP contribution in [0, 0.1) is 0 Å². The van der Waals surface area contributed by atoms with Gasteiger partial charge in [0, 0.05) is 0 Å². The van der Waals surface area contributed by atoms with Gasteiger partial charge in [0.05, 0.1) is 19.8 Å². The monoisotopic (exact) mass is 286 g/mol. The molecule has 1 aromatic rings. The van der Waals surface area contributed by atoms with Crippen LogP contribution < -0.4 is 4.74 Å². The summed E-state index contributed by atoms with van der Waals surface area (Å²) in [5.41, 5.74) is 0.165. The zero-order valence-corrected chi connectivity index (χ0v) is 11.4. The van der Waals surface area contributed by atoms with Gasteiger partial charge in [-0.1, -0.05) is 12.1 Å². The van der Waals surface area contributed by atoms with Gasteiger partial charge in [0.2, 0.25) is 0 Å². The Kier molecular flexibility index (Phi) is 5.05. The Bertz CT molecular complexity index is 576. The van der Waals surface area contributed by atoms with E-state index in [2.05, 4.69) is 4.74 Å². The fraction of sp³-hybridized carbons (Fsp3) is 0.333. The van der Waals surface area contributed by atoms with Crippen LogP contribution in [0.3, 0.4) is 0 Å². The van der Waals surface area contributed by atoms with E-state index in [9.17, 15) is 18.0 Å². The summed E-state index contributed by atoms with van der Waals surface area (Å²) < 4.78 is 32.5. The van der Waals surface area contributed by atoms with Crippen LogP contribution in [0.1, 0.15) is 10.4 Å². The first-order valence-corrected chi connectivity index (χ1v) is 7.15. The van der Waals surface area contributed by atoms with Gasteiger partial charge in [-0.15, -0.1) is 0 Å². The standard InChI is InChI=1S/C12H14O6S/c1-17-11-6-4-3-5-9(11)10(13)7-19(15,16)8-12(14)18-2/h3-6H,7-8H2,1-2H3. The van der Waals surface area contributed by atoms with Crippen LogP contribution in [0.5, 0.6) is 5.75 Å². The number of sulfone groups is 1. The van der Waals surface area contributed by atoms with Crippen molar-refractivity contribution in [3.8, 4) is 5.75 Å². The molecule has 0 bridgehead atoms. The minimum atomic E-state index is -3.84. The third kappa shape index (κ3) is 4.36. The molecule has 0 N–H and O–H groups in total. The predicted octanol–water partition coefficient (Wildman–Crippen LogP) is 0.466. The van der Waals surface area contributed by atoms with Crippen LogP contribution >= 0.6 is 0 Å². The number of para-hydroxylation sites is 1. The molecular weight excluding hydrogens is 272 g/mol. The number of hydrogen-bond donors (Lipinski definition) is 0. The number of carbonyl (C=O) groups excluding carboxylic acids is 2. The van der Waals surface area contributed by atoms with Crippen molar-refractivity contribution in [2.75, 3.05) is 25.7 Å². The highest BCUT2D eigenvalue weighted by Gasteiger charge is 2.23. The lowest BCUT2D eigenvalue weighted by atomic mass is 10.1. The number of methoxy groups -OCH3 is 2. The van der Waals surface area contributed by atoms with Crippen LogP contribution in [-0.2, 0) is 19.4 Å². The first kappa shape index (κ1) is 15.2. The molecule has 104 valence electrons. The second-order valence-corrected chi connectivity index (χ2v) is 5.80. The third-order valence-corrected chi connectivity index (χ3v) is 3.70. The van der Waals surface area contributed by atoms with Gasteiger partial charge in [-0.25, -0.2) is 8.42 Å². The van der Waals surface area contributed by atoms with Crippen molar-refractivity contribution in [1.82, 2.24) is 0 Å². The van der Waals surface area contributed by atoms with Crippen molar-refractivity contribution in [2.24, 2.45) is 0 Å². The molecule has 0 aromatic heterocycles. The Hall–Kier alpha value is -1.89. The third-order valence-electron chi connectivity index (χ3n) is 2.32. The highest BCUT2D eigenvalue weighted by atomic mass is 32.2. The molecule has 7 heteroatoms. The second kappa shape index (κ2) is 6.33. The predicted molar refractivity (Wildman–Crippen MR) is 68.0 cm³/mol. The van der Waals surface area contributed by atoms with Crippen molar-refractivity contribution in [3.05, 3.63) is 29.8 Å². The van der Waals surface area contributed by atoms with Crippen molar-refractivity contribution < 1.29 is 27.5 Å². The Labute approximate surface area is 111 Å². The van der Waals surface area contributed by atoms with E-state index in [1.54, 1.807) is 18.2 Å². The van der Waals surface area contributed by atoms with Gasteiger partial charge in [-0.3, -0.25) is 9.59 Å². The zero-order chi connectivity index (χ0) is 14.5. The largest absolute Gasteiger partial charge is 0.496 e. The van der Waals surface area contributed by atoms with Gasteiger partial charge in [0.25, 0.3) is 0 Å². The van der Waals surface area contributed by atoms with Crippen molar-refractivity contribution in [2.45, 2.75) is 0 Å². The molecule has 0 amide bonds. The molecule has 0 heterocycles. The number of ether oxygens (including phenoxy) is 2. The number of carbonyl (C=O) groups is 2. The van der Waals surface area contributed by atoms with Gasteiger partial charge < -0.3 is 9.47 Å². The highest BCUT2D eigenvalue weighted by molar-refractivity contribution is 7.92. The van der Waals surface area contributed by atoms with Crippen LogP contribution in [0.25, 0.3) is 0 Å². The summed E-state index contributed by atoms with van der Waals surface area (Å²) in [6.45, 7) is 0. The molecule has 1 aromatic carbocycles. The van der Waals surface area contributed by atoms with Gasteiger partial charge >= 0.3 is 5.97 Å². The van der Waals surface area contributed by atoms with Gasteiger partial charge in [-0.2, -0.15) is 0 Å². The van der Waals surface area contributed by atoms with Gasteiger partial charge in [0.1, 0.15) is 17.3 Å². The fourth-order valence-corrected chi connectivity index (χ4v) is 2.58. The molecule has 0 aliphatic heterocycles. The Morgan fingerprint density at radius 3 is 2.32 bits per heavy atom. The molecule has 0 radical (unpaired) electrons. The zero-order valence-electron chi connectivity index (χ0n) is 10.6. The lowest BCUT2D eigenvalue weighted by molar-refractivity contribution is -0.137. The number of hydrogen-bond acceptors (Lipinski definition) is 6. The maximum Gasteiger partial charge on any atom is 0.320 e. The number of esters is 1. The number of benzene rings is 1. The highest BCUT2D eigenvalue weighted by Crippen LogP contribution is 2.18. The van der Waals surface area contributed by atoms with E-state index >= 15 is 0 Å². The lowest BCUT2D eigenvalue weighted by Crippen LogP contribution is -2.24. The minimum Gasteiger partial charge on any atom is -0.496 e. The van der Waals surface area contributed by atoms with Crippen molar-refractivity contribution >= 4 is 21.6 Å². The Morgan fingerprint density at radius 1 is 1.11 bits per heavy atom. The van der Waals surface area contributed by atoms with Gasteiger partial charge in [-0.05, 0) is 12.1 Å². The number of Topliss-reactive ketones (excluding diaryl/α,β-unsaturated/α-hetero) is 1. The molecule has 0 atom stereocenters. The first-order chi connectivity index (χ1) is 8.89. The number of rotatable bonds is 6. The lowest BCUT2D eigenvalue weighted by Gasteiger charge is -2.07. The Balaban J connectivity index is 2.88. The smallest absolute Gasteiger partial charge is 0.320 e. The first-order valence-electron chi connectivity index (χ1n) is 5.33. The van der Waals surface area contributed by atoms with E-state index in [1.165, 1.54) is 13.2 Å². The van der Waals surface area contributed by atoms with E-state index < -0.39 is 33.1 Å². The SMILES string of the molecule is COC(=O)CS(=O)(=O)CC(=O)c1ccccc1OC. The summed E-state index contributed by atoms with van der Waals surface area (Å²) in [5.74, 6) is -2.80. The molecule has 0 fully saturated rings. The second-order valence-electron chi connectivity index (χ2n) is 3.73. The fourth-order valence-electron chi connectivity index (χ4n) is 1.44. The van der Waals surface area contributed by atoms with Crippen LogP contribution in [0.4, 0.5) is 0 Å². The topological polar surface area (TPSA) is 86.7 Å². The Morgan fingerprint density at radius 2 is 1.74 bits per heavy atom. The summed E-state index contributed by atoms with van der Waals surface area (Å²) in [4.78, 5) is 22.8. The maximum absolute atomic E-state index is 11.9. The number of ketones is 1. The molecule has 0 saturated carbocycles. The molecule has 1 rings (SSSR count). The van der Waals surface area contributed by atoms with Crippen LogP contribution in [0.2, 0.25) is 0 Å². The molecule has 0 saturated heterocycles. The molecule has 0 aliphatic rings. The molecular formula is C12H14O6S. The van der Waals surface area contributed by atoms with Crippen molar-refractivity contribution in [3.63, 3.8) is 0 Å². The van der Waals surface area contributed by atoms with Crippen LogP contribution in [0.15, 0.2) is 24.3 Å². The van der Waals surface area contributed by atoms with Gasteiger partial charge in [0.15, 0.2) is 15.6 Å². The molecule has 0 aliphatic carbocycles. The van der Waals surface area contributed by atoms with Crippen molar-refractivity contribution in [1.29, 1.82) is 0 Å². The van der Waals surface area contributed by atoms with E-state index in [1.807, 2.05) is 0 Å². The summed E-state index contributed by atoms with van der Waals surface area (Å²) in [6, 6.07) is 6.29. The average molecular weight is 286 g/mol.